The van der Waals surface area contributed by atoms with Gasteiger partial charge in [0.05, 0.1) is 18.2 Å². The Hall–Kier alpha value is -3.08. The van der Waals surface area contributed by atoms with Gasteiger partial charge in [-0.15, -0.1) is 0 Å². The molecule has 122 valence electrons. The van der Waals surface area contributed by atoms with Crippen LogP contribution in [0.4, 0.5) is 0 Å². The van der Waals surface area contributed by atoms with Crippen LogP contribution in [0.1, 0.15) is 27.6 Å². The van der Waals surface area contributed by atoms with Crippen LogP contribution >= 0.6 is 0 Å². The summed E-state index contributed by atoms with van der Waals surface area (Å²) < 4.78 is 6.78. The van der Waals surface area contributed by atoms with E-state index in [9.17, 15) is 9.59 Å². The predicted octanol–water partition coefficient (Wildman–Crippen LogP) is 3.24. The van der Waals surface area contributed by atoms with Crippen LogP contribution in [0.5, 0.6) is 5.75 Å². The Morgan fingerprint density at radius 1 is 1.08 bits per heavy atom. The van der Waals surface area contributed by atoms with E-state index in [1.54, 1.807) is 13.3 Å². The molecule has 0 unspecified atom stereocenters. The highest BCUT2D eigenvalue weighted by molar-refractivity contribution is 6.09. The van der Waals surface area contributed by atoms with Crippen LogP contribution in [0.2, 0.25) is 0 Å². The van der Waals surface area contributed by atoms with Crippen LogP contribution in [-0.2, 0) is 6.54 Å². The molecule has 5 nitrogen and oxygen atoms in total. The molecule has 1 amide bonds. The van der Waals surface area contributed by atoms with Gasteiger partial charge in [0.15, 0.2) is 0 Å². The van der Waals surface area contributed by atoms with Crippen LogP contribution < -0.4 is 10.1 Å². The zero-order valence-electron chi connectivity index (χ0n) is 13.6. The van der Waals surface area contributed by atoms with Crippen LogP contribution in [0, 0.1) is 0 Å². The third-order valence-electron chi connectivity index (χ3n) is 3.93. The van der Waals surface area contributed by atoms with Gasteiger partial charge < -0.3 is 10.1 Å². The van der Waals surface area contributed by atoms with Gasteiger partial charge >= 0.3 is 0 Å². The summed E-state index contributed by atoms with van der Waals surface area (Å²) >= 11 is 0. The molecule has 1 N–H and O–H groups in total. The number of carbonyl (C=O) groups excluding carboxylic acids is 2. The molecule has 0 atom stereocenters. The second kappa shape index (κ2) is 6.58. The van der Waals surface area contributed by atoms with Crippen molar-refractivity contribution in [1.29, 1.82) is 0 Å². The molecule has 0 aliphatic heterocycles. The fourth-order valence-corrected chi connectivity index (χ4v) is 2.74. The number of para-hydroxylation sites is 2. The van der Waals surface area contributed by atoms with E-state index in [4.69, 9.17) is 4.74 Å². The topological polar surface area (TPSA) is 60.3 Å². The Balaban J connectivity index is 1.88. The lowest BCUT2D eigenvalue weighted by Gasteiger charge is -2.09. The van der Waals surface area contributed by atoms with Gasteiger partial charge in [-0.05, 0) is 12.1 Å². The minimum absolute atomic E-state index is 0.130. The van der Waals surface area contributed by atoms with Crippen molar-refractivity contribution in [3.05, 3.63) is 65.9 Å². The number of nitrogens with one attached hydrogen (secondary N) is 1. The van der Waals surface area contributed by atoms with Crippen molar-refractivity contribution in [2.75, 3.05) is 7.11 Å². The number of aromatic nitrogens is 1. The monoisotopic (exact) mass is 322 g/mol. The van der Waals surface area contributed by atoms with Crippen molar-refractivity contribution in [1.82, 2.24) is 9.88 Å². The van der Waals surface area contributed by atoms with Gasteiger partial charge in [-0.2, -0.15) is 0 Å². The van der Waals surface area contributed by atoms with E-state index in [0.29, 0.717) is 12.1 Å². The van der Waals surface area contributed by atoms with Gasteiger partial charge in [0.2, 0.25) is 5.91 Å². The summed E-state index contributed by atoms with van der Waals surface area (Å²) in [6, 6.07) is 14.9. The number of rotatable bonds is 4. The maximum absolute atomic E-state index is 12.6. The van der Waals surface area contributed by atoms with E-state index in [0.717, 1.165) is 22.2 Å². The molecule has 2 aromatic carbocycles. The summed E-state index contributed by atoms with van der Waals surface area (Å²) in [5.74, 6) is 0.371. The molecule has 0 saturated carbocycles. The maximum Gasteiger partial charge on any atom is 0.253 e. The third-order valence-corrected chi connectivity index (χ3v) is 3.93. The molecule has 5 heteroatoms. The first-order chi connectivity index (χ1) is 11.6. The van der Waals surface area contributed by atoms with Crippen molar-refractivity contribution < 1.29 is 14.3 Å². The lowest BCUT2D eigenvalue weighted by atomic mass is 10.1. The smallest absolute Gasteiger partial charge is 0.253 e. The number of fused-ring (bicyclic) bond motifs is 1. The van der Waals surface area contributed by atoms with Crippen LogP contribution in [-0.4, -0.2) is 23.5 Å². The fourth-order valence-electron chi connectivity index (χ4n) is 2.74. The second-order valence-corrected chi connectivity index (χ2v) is 5.44. The number of carbonyl (C=O) groups is 2. The van der Waals surface area contributed by atoms with E-state index >= 15 is 0 Å². The number of methoxy groups -OCH3 is 1. The van der Waals surface area contributed by atoms with E-state index in [1.807, 2.05) is 48.5 Å². The summed E-state index contributed by atoms with van der Waals surface area (Å²) in [5.41, 5.74) is 2.10. The summed E-state index contributed by atoms with van der Waals surface area (Å²) in [7, 11) is 1.60. The van der Waals surface area contributed by atoms with Gasteiger partial charge in [0.1, 0.15) is 5.75 Å². The molecule has 0 aliphatic carbocycles. The molecule has 24 heavy (non-hydrogen) atoms. The first-order valence-electron chi connectivity index (χ1n) is 7.63. The van der Waals surface area contributed by atoms with Crippen LogP contribution in [0.3, 0.4) is 0 Å². The van der Waals surface area contributed by atoms with Crippen molar-refractivity contribution in [2.45, 2.75) is 13.5 Å². The zero-order valence-corrected chi connectivity index (χ0v) is 13.6. The molecule has 1 heterocycles. The van der Waals surface area contributed by atoms with Gasteiger partial charge in [0, 0.05) is 30.6 Å². The molecule has 0 spiro atoms. The van der Waals surface area contributed by atoms with Crippen molar-refractivity contribution in [3.63, 3.8) is 0 Å². The molecular weight excluding hydrogens is 304 g/mol. The molecule has 1 aromatic heterocycles. The predicted molar refractivity (Wildman–Crippen MR) is 92.4 cm³/mol. The number of hydrogen-bond donors (Lipinski definition) is 1. The second-order valence-electron chi connectivity index (χ2n) is 5.44. The van der Waals surface area contributed by atoms with Gasteiger partial charge in [-0.25, -0.2) is 0 Å². The molecule has 3 rings (SSSR count). The Kier molecular flexibility index (Phi) is 4.33. The average molecular weight is 322 g/mol. The summed E-state index contributed by atoms with van der Waals surface area (Å²) in [6.07, 6.45) is 1.59. The lowest BCUT2D eigenvalue weighted by Crippen LogP contribution is -2.23. The molecular formula is C19H18N2O3. The first kappa shape index (κ1) is 15.8. The molecule has 0 fully saturated rings. The minimum atomic E-state index is -0.225. The van der Waals surface area contributed by atoms with Crippen molar-refractivity contribution >= 4 is 22.7 Å². The highest BCUT2D eigenvalue weighted by Crippen LogP contribution is 2.22. The molecule has 0 radical (unpaired) electrons. The van der Waals surface area contributed by atoms with Crippen molar-refractivity contribution in [3.8, 4) is 5.75 Å². The van der Waals surface area contributed by atoms with E-state index < -0.39 is 0 Å². The Bertz CT molecular complexity index is 912. The zero-order chi connectivity index (χ0) is 17.1. The van der Waals surface area contributed by atoms with Crippen molar-refractivity contribution in [2.24, 2.45) is 0 Å². The number of ether oxygens (including phenoxy) is 1. The third kappa shape index (κ3) is 2.88. The number of nitrogens with zero attached hydrogens (tertiary/aromatic N) is 1. The average Bonchev–Trinajstić information content (AvgIpc) is 3.00. The number of amides is 1. The Labute approximate surface area is 139 Å². The van der Waals surface area contributed by atoms with E-state index in [1.165, 1.54) is 11.5 Å². The summed E-state index contributed by atoms with van der Waals surface area (Å²) in [4.78, 5) is 24.4. The number of benzene rings is 2. The standard InChI is InChI=1S/C19H18N2O3/c1-13(22)21-12-16(15-8-4-5-9-17(15)21)19(23)20-11-14-7-3-6-10-18(14)24-2/h3-10,12H,11H2,1-2H3,(H,20,23). The molecule has 0 bridgehead atoms. The van der Waals surface area contributed by atoms with Crippen LogP contribution in [0.15, 0.2) is 54.7 Å². The first-order valence-corrected chi connectivity index (χ1v) is 7.63. The molecule has 0 aliphatic rings. The van der Waals surface area contributed by atoms with Gasteiger partial charge in [0.25, 0.3) is 5.91 Å². The minimum Gasteiger partial charge on any atom is -0.496 e. The molecule has 0 saturated heterocycles. The van der Waals surface area contributed by atoms with Gasteiger partial charge in [-0.3, -0.25) is 14.2 Å². The Morgan fingerprint density at radius 3 is 2.54 bits per heavy atom. The highest BCUT2D eigenvalue weighted by Gasteiger charge is 2.16. The van der Waals surface area contributed by atoms with Crippen LogP contribution in [0.25, 0.3) is 10.9 Å². The van der Waals surface area contributed by atoms with E-state index in [2.05, 4.69) is 5.32 Å². The summed E-state index contributed by atoms with van der Waals surface area (Å²) in [6.45, 7) is 1.82. The Morgan fingerprint density at radius 2 is 1.79 bits per heavy atom. The largest absolute Gasteiger partial charge is 0.496 e. The molecule has 3 aromatic rings. The quantitative estimate of drug-likeness (QED) is 0.802. The SMILES string of the molecule is COc1ccccc1CNC(=O)c1cn(C(C)=O)c2ccccc12. The highest BCUT2D eigenvalue weighted by atomic mass is 16.5. The van der Waals surface area contributed by atoms with E-state index in [-0.39, 0.29) is 11.8 Å². The summed E-state index contributed by atoms with van der Waals surface area (Å²) in [5, 5.41) is 3.65. The lowest BCUT2D eigenvalue weighted by molar-refractivity contribution is 0.0941. The number of hydrogen-bond acceptors (Lipinski definition) is 3. The van der Waals surface area contributed by atoms with Gasteiger partial charge in [-0.1, -0.05) is 36.4 Å². The maximum atomic E-state index is 12.6. The normalized spacial score (nSPS) is 10.6. The fraction of sp³-hybridized carbons (Fsp3) is 0.158.